The first-order valence-electron chi connectivity index (χ1n) is 8.38. The highest BCUT2D eigenvalue weighted by atomic mass is 19.3. The molecule has 0 aliphatic rings. The van der Waals surface area contributed by atoms with E-state index in [1.54, 1.807) is 0 Å². The van der Waals surface area contributed by atoms with Gasteiger partial charge < -0.3 is 5.11 Å². The van der Waals surface area contributed by atoms with Gasteiger partial charge in [0.25, 0.3) is 5.92 Å². The molecule has 0 spiro atoms. The molecule has 1 unspecified atom stereocenters. The van der Waals surface area contributed by atoms with Crippen molar-refractivity contribution in [2.75, 3.05) is 6.61 Å². The van der Waals surface area contributed by atoms with Gasteiger partial charge in [-0.2, -0.15) is 0 Å². The zero-order valence-electron chi connectivity index (χ0n) is 13.7. The largest absolute Gasteiger partial charge is 0.390 e. The van der Waals surface area contributed by atoms with E-state index in [4.69, 9.17) is 5.11 Å². The fraction of sp³-hybridized carbons (Fsp3) is 1.00. The lowest BCUT2D eigenvalue weighted by atomic mass is 9.75. The summed E-state index contributed by atoms with van der Waals surface area (Å²) in [6.45, 7) is 5.26. The lowest BCUT2D eigenvalue weighted by molar-refractivity contribution is -0.0860. The summed E-state index contributed by atoms with van der Waals surface area (Å²) in [6, 6.07) is 0. The van der Waals surface area contributed by atoms with Crippen molar-refractivity contribution >= 4 is 0 Å². The number of unbranched alkanes of at least 4 members (excludes halogenated alkanes) is 6. The second-order valence-electron chi connectivity index (χ2n) is 6.62. The van der Waals surface area contributed by atoms with Gasteiger partial charge >= 0.3 is 0 Å². The molecule has 1 atom stereocenters. The van der Waals surface area contributed by atoms with Gasteiger partial charge in [-0.15, -0.1) is 0 Å². The van der Waals surface area contributed by atoms with Gasteiger partial charge in [-0.05, 0) is 18.3 Å². The van der Waals surface area contributed by atoms with Crippen LogP contribution in [0.2, 0.25) is 0 Å². The summed E-state index contributed by atoms with van der Waals surface area (Å²) in [7, 11) is 0. The highest BCUT2D eigenvalue weighted by Crippen LogP contribution is 2.40. The quantitative estimate of drug-likeness (QED) is 0.416. The van der Waals surface area contributed by atoms with E-state index in [0.29, 0.717) is 0 Å². The topological polar surface area (TPSA) is 20.2 Å². The third kappa shape index (κ3) is 9.68. The van der Waals surface area contributed by atoms with E-state index in [9.17, 15) is 8.78 Å². The van der Waals surface area contributed by atoms with Gasteiger partial charge in [0.15, 0.2) is 0 Å². The van der Waals surface area contributed by atoms with Gasteiger partial charge in [-0.25, -0.2) is 8.78 Å². The van der Waals surface area contributed by atoms with Gasteiger partial charge in [-0.1, -0.05) is 72.1 Å². The second-order valence-corrected chi connectivity index (χ2v) is 6.62. The maximum Gasteiger partial charge on any atom is 0.271 e. The van der Waals surface area contributed by atoms with Crippen LogP contribution < -0.4 is 0 Å². The molecule has 122 valence electrons. The average molecular weight is 292 g/mol. The van der Waals surface area contributed by atoms with Crippen LogP contribution in [-0.2, 0) is 0 Å². The fourth-order valence-electron chi connectivity index (χ4n) is 2.94. The van der Waals surface area contributed by atoms with E-state index >= 15 is 0 Å². The third-order valence-corrected chi connectivity index (χ3v) is 4.18. The van der Waals surface area contributed by atoms with Crippen LogP contribution >= 0.6 is 0 Å². The van der Waals surface area contributed by atoms with E-state index in [1.165, 1.54) is 19.3 Å². The Bertz CT molecular complexity index is 231. The van der Waals surface area contributed by atoms with E-state index < -0.39 is 12.5 Å². The maximum atomic E-state index is 13.5. The van der Waals surface area contributed by atoms with Crippen LogP contribution in [0.25, 0.3) is 0 Å². The Kier molecular flexibility index (Phi) is 10.4. The number of aliphatic hydroxyl groups is 1. The molecule has 0 amide bonds. The van der Waals surface area contributed by atoms with Crippen LogP contribution in [0.5, 0.6) is 0 Å². The zero-order valence-corrected chi connectivity index (χ0v) is 13.7. The summed E-state index contributed by atoms with van der Waals surface area (Å²) < 4.78 is 27.1. The molecule has 0 aliphatic carbocycles. The number of aliphatic hydroxyl groups excluding tert-OH is 1. The molecule has 0 saturated carbocycles. The Labute approximate surface area is 124 Å². The van der Waals surface area contributed by atoms with Crippen molar-refractivity contribution in [1.29, 1.82) is 0 Å². The Hall–Kier alpha value is -0.180. The predicted molar refractivity (Wildman–Crippen MR) is 82.3 cm³/mol. The van der Waals surface area contributed by atoms with Crippen LogP contribution in [0, 0.1) is 5.41 Å². The summed E-state index contributed by atoms with van der Waals surface area (Å²) in [5.41, 5.74) is -0.326. The number of hydrogen-bond acceptors (Lipinski definition) is 1. The average Bonchev–Trinajstić information content (AvgIpc) is 2.38. The van der Waals surface area contributed by atoms with E-state index in [-0.39, 0.29) is 11.8 Å². The molecule has 0 aromatic rings. The van der Waals surface area contributed by atoms with Crippen molar-refractivity contribution < 1.29 is 13.9 Å². The monoisotopic (exact) mass is 292 g/mol. The Morgan fingerprint density at radius 3 is 1.75 bits per heavy atom. The number of alkyl halides is 2. The lowest BCUT2D eigenvalue weighted by Gasteiger charge is -2.33. The standard InChI is InChI=1S/C17H34F2O/c1-4-6-8-9-11-13-16(3,12-10-7-5-2)14-17(18,19)15-20/h20H,4-15H2,1-3H3. The molecule has 1 nitrogen and oxygen atoms in total. The van der Waals surface area contributed by atoms with Gasteiger partial charge in [0.2, 0.25) is 0 Å². The Balaban J connectivity index is 4.29. The first-order chi connectivity index (χ1) is 9.39. The summed E-state index contributed by atoms with van der Waals surface area (Å²) in [4.78, 5) is 0. The van der Waals surface area contributed by atoms with Crippen molar-refractivity contribution in [3.8, 4) is 0 Å². The van der Waals surface area contributed by atoms with Gasteiger partial charge in [0, 0.05) is 6.42 Å². The molecule has 0 aliphatic heterocycles. The molecule has 0 bridgehead atoms. The fourth-order valence-corrected chi connectivity index (χ4v) is 2.94. The smallest absolute Gasteiger partial charge is 0.271 e. The molecule has 0 aromatic heterocycles. The normalized spacial score (nSPS) is 15.3. The van der Waals surface area contributed by atoms with Crippen LogP contribution in [0.3, 0.4) is 0 Å². The van der Waals surface area contributed by atoms with Gasteiger partial charge in [0.1, 0.15) is 6.61 Å². The van der Waals surface area contributed by atoms with Crippen molar-refractivity contribution in [3.05, 3.63) is 0 Å². The Morgan fingerprint density at radius 1 is 0.800 bits per heavy atom. The third-order valence-electron chi connectivity index (χ3n) is 4.18. The van der Waals surface area contributed by atoms with Crippen molar-refractivity contribution in [2.45, 2.75) is 97.3 Å². The minimum Gasteiger partial charge on any atom is -0.390 e. The van der Waals surface area contributed by atoms with E-state index in [1.807, 2.05) is 6.92 Å². The molecule has 0 saturated heterocycles. The highest BCUT2D eigenvalue weighted by molar-refractivity contribution is 4.81. The molecule has 0 heterocycles. The number of halogens is 2. The predicted octanol–water partition coefficient (Wildman–Crippen LogP) is 5.95. The summed E-state index contributed by atoms with van der Waals surface area (Å²) >= 11 is 0. The Morgan fingerprint density at radius 2 is 1.25 bits per heavy atom. The molecule has 3 heteroatoms. The van der Waals surface area contributed by atoms with Crippen LogP contribution in [0.15, 0.2) is 0 Å². The van der Waals surface area contributed by atoms with Crippen LogP contribution in [-0.4, -0.2) is 17.6 Å². The maximum absolute atomic E-state index is 13.5. The van der Waals surface area contributed by atoms with Gasteiger partial charge in [0.05, 0.1) is 0 Å². The van der Waals surface area contributed by atoms with Crippen LogP contribution in [0.4, 0.5) is 8.78 Å². The SMILES string of the molecule is CCCCCCCC(C)(CCCCC)CC(F)(F)CO. The minimum atomic E-state index is -2.93. The summed E-state index contributed by atoms with van der Waals surface area (Å²) in [5.74, 6) is -2.93. The number of rotatable bonds is 13. The molecule has 0 radical (unpaired) electrons. The molecular formula is C17H34F2O. The lowest BCUT2D eigenvalue weighted by Crippen LogP contribution is -2.31. The summed E-state index contributed by atoms with van der Waals surface area (Å²) in [5, 5.41) is 8.82. The highest BCUT2D eigenvalue weighted by Gasteiger charge is 2.37. The van der Waals surface area contributed by atoms with Crippen LogP contribution in [0.1, 0.15) is 91.4 Å². The molecule has 0 fully saturated rings. The molecule has 0 rings (SSSR count). The molecular weight excluding hydrogens is 258 g/mol. The molecule has 1 N–H and O–H groups in total. The molecule has 20 heavy (non-hydrogen) atoms. The zero-order chi connectivity index (χ0) is 15.5. The second kappa shape index (κ2) is 10.5. The summed E-state index contributed by atoms with van der Waals surface area (Å²) in [6.07, 6.45) is 10.6. The van der Waals surface area contributed by atoms with Gasteiger partial charge in [-0.3, -0.25) is 0 Å². The van der Waals surface area contributed by atoms with Crippen molar-refractivity contribution in [3.63, 3.8) is 0 Å². The first-order valence-corrected chi connectivity index (χ1v) is 8.38. The first kappa shape index (κ1) is 19.8. The number of hydrogen-bond donors (Lipinski definition) is 1. The van der Waals surface area contributed by atoms with E-state index in [2.05, 4.69) is 13.8 Å². The van der Waals surface area contributed by atoms with E-state index in [0.717, 1.165) is 44.9 Å². The van der Waals surface area contributed by atoms with Crippen molar-refractivity contribution in [1.82, 2.24) is 0 Å². The van der Waals surface area contributed by atoms with Crippen molar-refractivity contribution in [2.24, 2.45) is 5.41 Å². The molecule has 0 aromatic carbocycles. The minimum absolute atomic E-state index is 0.173.